The van der Waals surface area contributed by atoms with Gasteiger partial charge in [0.1, 0.15) is 0 Å². The molecule has 1 aliphatic rings. The zero-order valence-corrected chi connectivity index (χ0v) is 12.8. The largest absolute Gasteiger partial charge is 0.388 e. The number of benzene rings is 1. The standard InChI is InChI=1S/C14H22N2O2S/c1-5-11-8-13(11)16-19(17,18)14-9(2)6-12(15-4)7-10(14)3/h6-7,11,13,15-16H,5,8H2,1-4H3. The quantitative estimate of drug-likeness (QED) is 0.872. The lowest BCUT2D eigenvalue weighted by atomic mass is 10.1. The molecule has 1 aliphatic carbocycles. The van der Waals surface area contributed by atoms with Crippen LogP contribution in [0.15, 0.2) is 17.0 Å². The maximum absolute atomic E-state index is 12.5. The lowest BCUT2D eigenvalue weighted by molar-refractivity contribution is 0.574. The molecule has 0 radical (unpaired) electrons. The van der Waals surface area contributed by atoms with Crippen molar-refractivity contribution in [2.75, 3.05) is 12.4 Å². The third kappa shape index (κ3) is 2.92. The molecule has 0 aromatic heterocycles. The second kappa shape index (κ2) is 5.13. The van der Waals surface area contributed by atoms with Gasteiger partial charge in [0.25, 0.3) is 0 Å². The molecule has 19 heavy (non-hydrogen) atoms. The molecule has 2 unspecified atom stereocenters. The lowest BCUT2D eigenvalue weighted by Gasteiger charge is -2.14. The van der Waals surface area contributed by atoms with Crippen LogP contribution in [0.5, 0.6) is 0 Å². The summed E-state index contributed by atoms with van der Waals surface area (Å²) in [7, 11) is -1.57. The smallest absolute Gasteiger partial charge is 0.241 e. The Labute approximate surface area is 115 Å². The molecule has 106 valence electrons. The topological polar surface area (TPSA) is 58.2 Å². The summed E-state index contributed by atoms with van der Waals surface area (Å²) in [5.41, 5.74) is 2.50. The number of aryl methyl sites for hydroxylation is 2. The first-order valence-electron chi connectivity index (χ1n) is 6.70. The van der Waals surface area contributed by atoms with Crippen LogP contribution < -0.4 is 10.0 Å². The highest BCUT2D eigenvalue weighted by Gasteiger charge is 2.39. The summed E-state index contributed by atoms with van der Waals surface area (Å²) in [6.07, 6.45) is 1.99. The van der Waals surface area contributed by atoms with Gasteiger partial charge in [-0.15, -0.1) is 0 Å². The Hall–Kier alpha value is -1.07. The predicted octanol–water partition coefficient (Wildman–Crippen LogP) is 2.42. The van der Waals surface area contributed by atoms with Crippen molar-refractivity contribution in [3.05, 3.63) is 23.3 Å². The van der Waals surface area contributed by atoms with Crippen molar-refractivity contribution in [1.29, 1.82) is 0 Å². The summed E-state index contributed by atoms with van der Waals surface area (Å²) in [5.74, 6) is 0.506. The first-order valence-corrected chi connectivity index (χ1v) is 8.18. The number of rotatable bonds is 5. The average molecular weight is 282 g/mol. The number of anilines is 1. The molecule has 0 saturated heterocycles. The summed E-state index contributed by atoms with van der Waals surface area (Å²) in [4.78, 5) is 0.424. The highest BCUT2D eigenvalue weighted by atomic mass is 32.2. The van der Waals surface area contributed by atoms with E-state index in [2.05, 4.69) is 17.0 Å². The normalized spacial score (nSPS) is 22.3. The van der Waals surface area contributed by atoms with Crippen molar-refractivity contribution in [1.82, 2.24) is 4.72 Å². The maximum atomic E-state index is 12.5. The Bertz CT molecular complexity index is 558. The average Bonchev–Trinajstić information content (AvgIpc) is 3.04. The molecule has 0 spiro atoms. The molecule has 0 amide bonds. The Balaban J connectivity index is 2.30. The van der Waals surface area contributed by atoms with Gasteiger partial charge >= 0.3 is 0 Å². The van der Waals surface area contributed by atoms with E-state index in [1.807, 2.05) is 33.0 Å². The van der Waals surface area contributed by atoms with E-state index >= 15 is 0 Å². The Morgan fingerprint density at radius 3 is 2.26 bits per heavy atom. The first kappa shape index (κ1) is 14.3. The second-order valence-electron chi connectivity index (χ2n) is 5.32. The van der Waals surface area contributed by atoms with Crippen LogP contribution in [0.2, 0.25) is 0 Å². The minimum atomic E-state index is -3.40. The highest BCUT2D eigenvalue weighted by molar-refractivity contribution is 7.89. The first-order chi connectivity index (χ1) is 8.89. The van der Waals surface area contributed by atoms with Crippen molar-refractivity contribution in [2.24, 2.45) is 5.92 Å². The molecular formula is C14H22N2O2S. The molecule has 1 saturated carbocycles. The van der Waals surface area contributed by atoms with E-state index in [1.54, 1.807) is 0 Å². The van der Waals surface area contributed by atoms with E-state index in [4.69, 9.17) is 0 Å². The fraction of sp³-hybridized carbons (Fsp3) is 0.571. The zero-order valence-electron chi connectivity index (χ0n) is 11.9. The van der Waals surface area contributed by atoms with Gasteiger partial charge < -0.3 is 5.32 Å². The van der Waals surface area contributed by atoms with Crippen molar-refractivity contribution in [3.63, 3.8) is 0 Å². The summed E-state index contributed by atoms with van der Waals surface area (Å²) >= 11 is 0. The van der Waals surface area contributed by atoms with Crippen molar-refractivity contribution in [3.8, 4) is 0 Å². The zero-order chi connectivity index (χ0) is 14.2. The molecule has 0 aliphatic heterocycles. The Kier molecular flexibility index (Phi) is 3.87. The van der Waals surface area contributed by atoms with E-state index < -0.39 is 10.0 Å². The Morgan fingerprint density at radius 2 is 1.84 bits per heavy atom. The van der Waals surface area contributed by atoms with Crippen molar-refractivity contribution >= 4 is 15.7 Å². The van der Waals surface area contributed by atoms with E-state index in [9.17, 15) is 8.42 Å². The molecule has 2 rings (SSSR count). The summed E-state index contributed by atoms with van der Waals surface area (Å²) in [6.45, 7) is 5.77. The van der Waals surface area contributed by atoms with Crippen LogP contribution in [0.25, 0.3) is 0 Å². The molecule has 1 aromatic rings. The van der Waals surface area contributed by atoms with E-state index in [1.165, 1.54) is 0 Å². The molecule has 2 N–H and O–H groups in total. The van der Waals surface area contributed by atoms with Gasteiger partial charge in [-0.1, -0.05) is 13.3 Å². The van der Waals surface area contributed by atoms with E-state index in [0.717, 1.165) is 29.7 Å². The predicted molar refractivity (Wildman–Crippen MR) is 78.0 cm³/mol. The van der Waals surface area contributed by atoms with Gasteiger partial charge in [-0.05, 0) is 49.4 Å². The van der Waals surface area contributed by atoms with E-state index in [-0.39, 0.29) is 6.04 Å². The van der Waals surface area contributed by atoms with Crippen LogP contribution in [-0.4, -0.2) is 21.5 Å². The molecule has 1 aromatic carbocycles. The van der Waals surface area contributed by atoms with Crippen LogP contribution in [-0.2, 0) is 10.0 Å². The second-order valence-corrected chi connectivity index (χ2v) is 6.97. The molecule has 2 atom stereocenters. The summed E-state index contributed by atoms with van der Waals surface area (Å²) in [5, 5.41) is 3.04. The number of sulfonamides is 1. The van der Waals surface area contributed by atoms with Crippen LogP contribution in [0, 0.1) is 19.8 Å². The number of hydrogen-bond donors (Lipinski definition) is 2. The molecule has 5 heteroatoms. The van der Waals surface area contributed by atoms with Gasteiger partial charge in [-0.3, -0.25) is 0 Å². The fourth-order valence-corrected chi connectivity index (χ4v) is 4.39. The van der Waals surface area contributed by atoms with Crippen molar-refractivity contribution < 1.29 is 8.42 Å². The monoisotopic (exact) mass is 282 g/mol. The van der Waals surface area contributed by atoms with Gasteiger partial charge in [-0.2, -0.15) is 0 Å². The van der Waals surface area contributed by atoms with Gasteiger partial charge in [0.2, 0.25) is 10.0 Å². The van der Waals surface area contributed by atoms with Crippen LogP contribution in [0.1, 0.15) is 30.9 Å². The van der Waals surface area contributed by atoms with Gasteiger partial charge in [-0.25, -0.2) is 13.1 Å². The number of nitrogens with one attached hydrogen (secondary N) is 2. The van der Waals surface area contributed by atoms with Gasteiger partial charge in [0.05, 0.1) is 4.90 Å². The van der Waals surface area contributed by atoms with E-state index in [0.29, 0.717) is 10.8 Å². The molecule has 4 nitrogen and oxygen atoms in total. The van der Waals surface area contributed by atoms with Gasteiger partial charge in [0, 0.05) is 18.8 Å². The third-order valence-electron chi connectivity index (χ3n) is 3.77. The Morgan fingerprint density at radius 1 is 1.26 bits per heavy atom. The van der Waals surface area contributed by atoms with Crippen LogP contribution in [0.4, 0.5) is 5.69 Å². The summed E-state index contributed by atoms with van der Waals surface area (Å²) in [6, 6.07) is 3.86. The molecule has 0 bridgehead atoms. The van der Waals surface area contributed by atoms with Crippen LogP contribution in [0.3, 0.4) is 0 Å². The molecule has 0 heterocycles. The third-order valence-corrected chi connectivity index (χ3v) is 5.57. The fourth-order valence-electron chi connectivity index (χ4n) is 2.62. The summed E-state index contributed by atoms with van der Waals surface area (Å²) < 4.78 is 27.7. The highest BCUT2D eigenvalue weighted by Crippen LogP contribution is 2.35. The minimum absolute atomic E-state index is 0.123. The van der Waals surface area contributed by atoms with Gasteiger partial charge in [0.15, 0.2) is 0 Å². The van der Waals surface area contributed by atoms with Crippen LogP contribution >= 0.6 is 0 Å². The SMILES string of the molecule is CCC1CC1NS(=O)(=O)c1c(C)cc(NC)cc1C. The molecule has 1 fully saturated rings. The van der Waals surface area contributed by atoms with Crippen molar-refractivity contribution in [2.45, 2.75) is 44.6 Å². The lowest BCUT2D eigenvalue weighted by Crippen LogP contribution is -2.28. The maximum Gasteiger partial charge on any atom is 0.241 e. The molecular weight excluding hydrogens is 260 g/mol. The number of hydrogen-bond acceptors (Lipinski definition) is 3. The minimum Gasteiger partial charge on any atom is -0.388 e.